The Morgan fingerprint density at radius 1 is 1.33 bits per heavy atom. The zero-order chi connectivity index (χ0) is 19.2. The maximum atomic E-state index is 13.4. The average Bonchev–Trinajstić information content (AvgIpc) is 3.18. The molecule has 2 aromatic rings. The second kappa shape index (κ2) is 9.92. The van der Waals surface area contributed by atoms with Crippen molar-refractivity contribution in [3.63, 3.8) is 0 Å². The van der Waals surface area contributed by atoms with E-state index in [9.17, 15) is 4.79 Å². The minimum Gasteiger partial charge on any atom is -0.361 e. The molecule has 4 nitrogen and oxygen atoms in total. The van der Waals surface area contributed by atoms with E-state index < -0.39 is 0 Å². The number of benzene rings is 1. The topological polar surface area (TPSA) is 38.1 Å². The highest BCUT2D eigenvalue weighted by molar-refractivity contribution is 14.1. The lowest BCUT2D eigenvalue weighted by atomic mass is 9.98. The van der Waals surface area contributed by atoms with Gasteiger partial charge >= 0.3 is 0 Å². The molecule has 0 aliphatic heterocycles. The molecule has 0 bridgehead atoms. The minimum atomic E-state index is -0.00647. The quantitative estimate of drug-likeness (QED) is 0.269. The van der Waals surface area contributed by atoms with E-state index in [0.717, 1.165) is 47.3 Å². The molecular formula is C21H27ClIN3O. The van der Waals surface area contributed by atoms with Crippen LogP contribution in [-0.2, 0) is 6.42 Å². The van der Waals surface area contributed by atoms with E-state index in [4.69, 9.17) is 11.6 Å². The van der Waals surface area contributed by atoms with Gasteiger partial charge in [0.25, 0.3) is 5.56 Å². The summed E-state index contributed by atoms with van der Waals surface area (Å²) in [5, 5.41) is 5.11. The van der Waals surface area contributed by atoms with Crippen molar-refractivity contribution in [3.8, 4) is 5.69 Å². The third-order valence-electron chi connectivity index (χ3n) is 5.34. The molecule has 27 heavy (non-hydrogen) atoms. The lowest BCUT2D eigenvalue weighted by Gasteiger charge is -2.25. The molecule has 6 heteroatoms. The van der Waals surface area contributed by atoms with Crippen LogP contribution in [0.2, 0.25) is 5.02 Å². The van der Waals surface area contributed by atoms with Crippen LogP contribution in [0, 0.1) is 5.92 Å². The van der Waals surface area contributed by atoms with E-state index in [-0.39, 0.29) is 5.56 Å². The molecule has 0 amide bonds. The summed E-state index contributed by atoms with van der Waals surface area (Å²) in [7, 11) is 0. The Hall–Kier alpha value is -1.08. The highest BCUT2D eigenvalue weighted by Crippen LogP contribution is 2.30. The first-order valence-electron chi connectivity index (χ1n) is 9.82. The summed E-state index contributed by atoms with van der Waals surface area (Å²) in [6.07, 6.45) is 9.96. The van der Waals surface area contributed by atoms with Crippen molar-refractivity contribution < 1.29 is 0 Å². The highest BCUT2D eigenvalue weighted by atomic mass is 127. The molecule has 0 atom stereocenters. The predicted molar refractivity (Wildman–Crippen MR) is 122 cm³/mol. The van der Waals surface area contributed by atoms with Crippen LogP contribution in [0.4, 0.5) is 5.69 Å². The molecule has 0 radical (unpaired) electrons. The van der Waals surface area contributed by atoms with Crippen molar-refractivity contribution in [2.24, 2.45) is 5.92 Å². The number of rotatable bonds is 8. The third kappa shape index (κ3) is 5.05. The van der Waals surface area contributed by atoms with Crippen molar-refractivity contribution in [1.82, 2.24) is 9.78 Å². The molecule has 1 fully saturated rings. The Morgan fingerprint density at radius 2 is 2.11 bits per heavy atom. The highest BCUT2D eigenvalue weighted by Gasteiger charge is 2.23. The molecule has 0 N–H and O–H groups in total. The SMILES string of the molecule is CCCCN(CI)c1cnn(-c2cccc(Cl)c2)c(=O)c1CC1CCCC1. The van der Waals surface area contributed by atoms with Crippen LogP contribution in [0.25, 0.3) is 5.69 Å². The fourth-order valence-electron chi connectivity index (χ4n) is 3.83. The van der Waals surface area contributed by atoms with Gasteiger partial charge in [0.15, 0.2) is 0 Å². The van der Waals surface area contributed by atoms with E-state index >= 15 is 0 Å². The molecule has 0 unspecified atom stereocenters. The van der Waals surface area contributed by atoms with Gasteiger partial charge in [-0.05, 0) is 37.0 Å². The first kappa shape index (κ1) is 20.6. The Kier molecular flexibility index (Phi) is 7.58. The first-order valence-corrected chi connectivity index (χ1v) is 11.7. The van der Waals surface area contributed by atoms with Crippen LogP contribution < -0.4 is 10.5 Å². The maximum absolute atomic E-state index is 13.4. The second-order valence-corrected chi connectivity index (χ2v) is 8.42. The fourth-order valence-corrected chi connectivity index (χ4v) is 4.73. The number of unbranched alkanes of at least 4 members (excludes halogenated alkanes) is 1. The van der Waals surface area contributed by atoms with E-state index in [1.807, 2.05) is 24.4 Å². The molecular weight excluding hydrogens is 473 g/mol. The Bertz CT molecular complexity index is 817. The standard InChI is InChI=1S/C21H27ClIN3O/c1-2-3-11-25(15-23)20-14-24-26(18-10-6-9-17(22)13-18)21(27)19(20)12-16-7-4-5-8-16/h6,9-10,13-14,16H,2-5,7-8,11-12,15H2,1H3. The Balaban J connectivity index is 2.04. The van der Waals surface area contributed by atoms with Gasteiger partial charge in [-0.15, -0.1) is 0 Å². The van der Waals surface area contributed by atoms with E-state index in [1.165, 1.54) is 30.4 Å². The molecule has 1 aromatic carbocycles. The number of halogens is 2. The molecule has 1 aromatic heterocycles. The normalized spacial score (nSPS) is 14.6. The van der Waals surface area contributed by atoms with E-state index in [0.29, 0.717) is 10.9 Å². The van der Waals surface area contributed by atoms with Crippen molar-refractivity contribution in [3.05, 3.63) is 51.4 Å². The van der Waals surface area contributed by atoms with Crippen molar-refractivity contribution in [1.29, 1.82) is 0 Å². The van der Waals surface area contributed by atoms with Crippen LogP contribution in [0.3, 0.4) is 0 Å². The van der Waals surface area contributed by atoms with Crippen LogP contribution >= 0.6 is 34.2 Å². The first-order chi connectivity index (χ1) is 13.1. The minimum absolute atomic E-state index is 0.00647. The molecule has 0 saturated heterocycles. The van der Waals surface area contributed by atoms with Crippen molar-refractivity contribution in [2.75, 3.05) is 16.0 Å². The summed E-state index contributed by atoms with van der Waals surface area (Å²) in [4.78, 5) is 15.7. The lowest BCUT2D eigenvalue weighted by molar-refractivity contribution is 0.539. The van der Waals surface area contributed by atoms with Gasteiger partial charge in [-0.25, -0.2) is 0 Å². The molecule has 1 aliphatic carbocycles. The van der Waals surface area contributed by atoms with Crippen molar-refractivity contribution in [2.45, 2.75) is 51.9 Å². The van der Waals surface area contributed by atoms with Gasteiger partial charge in [0.05, 0.1) is 22.1 Å². The van der Waals surface area contributed by atoms with Gasteiger partial charge in [-0.3, -0.25) is 4.79 Å². The summed E-state index contributed by atoms with van der Waals surface area (Å²) in [6, 6.07) is 7.34. The summed E-state index contributed by atoms with van der Waals surface area (Å²) in [5.41, 5.74) is 2.63. The molecule has 0 spiro atoms. The maximum Gasteiger partial charge on any atom is 0.276 e. The summed E-state index contributed by atoms with van der Waals surface area (Å²) < 4.78 is 2.36. The van der Waals surface area contributed by atoms with Crippen LogP contribution in [-0.4, -0.2) is 20.9 Å². The smallest absolute Gasteiger partial charge is 0.276 e. The van der Waals surface area contributed by atoms with E-state index in [1.54, 1.807) is 6.07 Å². The number of hydrogen-bond acceptors (Lipinski definition) is 3. The fraction of sp³-hybridized carbons (Fsp3) is 0.524. The van der Waals surface area contributed by atoms with Gasteiger partial charge in [0.2, 0.25) is 0 Å². The Labute approximate surface area is 180 Å². The second-order valence-electron chi connectivity index (χ2n) is 7.30. The molecule has 3 rings (SSSR count). The lowest BCUT2D eigenvalue weighted by Crippen LogP contribution is -2.32. The molecule has 1 aliphatic rings. The van der Waals surface area contributed by atoms with Gasteiger partial charge in [0, 0.05) is 17.1 Å². The number of alkyl halides is 1. The van der Waals surface area contributed by atoms with Crippen LogP contribution in [0.15, 0.2) is 35.3 Å². The zero-order valence-electron chi connectivity index (χ0n) is 15.8. The zero-order valence-corrected chi connectivity index (χ0v) is 18.7. The number of nitrogens with zero attached hydrogens (tertiary/aromatic N) is 3. The van der Waals surface area contributed by atoms with Crippen molar-refractivity contribution >= 4 is 39.9 Å². The van der Waals surface area contributed by atoms with Gasteiger partial charge < -0.3 is 4.90 Å². The van der Waals surface area contributed by atoms with Crippen LogP contribution in [0.1, 0.15) is 51.0 Å². The third-order valence-corrected chi connectivity index (χ3v) is 6.40. The number of aromatic nitrogens is 2. The van der Waals surface area contributed by atoms with Gasteiger partial charge in [-0.1, -0.05) is 79.3 Å². The van der Waals surface area contributed by atoms with Gasteiger partial charge in [0.1, 0.15) is 0 Å². The Morgan fingerprint density at radius 3 is 2.78 bits per heavy atom. The van der Waals surface area contributed by atoms with Gasteiger partial charge in [-0.2, -0.15) is 9.78 Å². The predicted octanol–water partition coefficient (Wildman–Crippen LogP) is 5.62. The number of anilines is 1. The summed E-state index contributed by atoms with van der Waals surface area (Å²) in [6.45, 7) is 3.15. The summed E-state index contributed by atoms with van der Waals surface area (Å²) in [5.74, 6) is 0.605. The molecule has 146 valence electrons. The largest absolute Gasteiger partial charge is 0.361 e. The molecule has 1 saturated carbocycles. The summed E-state index contributed by atoms with van der Waals surface area (Å²) >= 11 is 8.52. The average molecular weight is 500 g/mol. The monoisotopic (exact) mass is 499 g/mol. The van der Waals surface area contributed by atoms with Crippen LogP contribution in [0.5, 0.6) is 0 Å². The number of hydrogen-bond donors (Lipinski definition) is 0. The van der Waals surface area contributed by atoms with E-state index in [2.05, 4.69) is 39.5 Å². The molecule has 1 heterocycles.